The van der Waals surface area contributed by atoms with Crippen molar-refractivity contribution in [3.63, 3.8) is 0 Å². The van der Waals surface area contributed by atoms with Gasteiger partial charge in [0.1, 0.15) is 23.1 Å². The highest BCUT2D eigenvalue weighted by atomic mass is 19.3. The summed E-state index contributed by atoms with van der Waals surface area (Å²) < 4.78 is 33.5. The average Bonchev–Trinajstić information content (AvgIpc) is 2.88. The molecular weight excluding hydrogens is 250 g/mol. The highest BCUT2D eigenvalue weighted by Gasteiger charge is 2.43. The number of aromatic nitrogens is 2. The maximum Gasteiger partial charge on any atom is 0.280 e. The molecule has 1 aromatic heterocycles. The predicted molar refractivity (Wildman–Crippen MR) is 66.5 cm³/mol. The van der Waals surface area contributed by atoms with Crippen molar-refractivity contribution in [1.29, 1.82) is 0 Å². The quantitative estimate of drug-likeness (QED) is 0.829. The fourth-order valence-electron chi connectivity index (χ4n) is 2.70. The fourth-order valence-corrected chi connectivity index (χ4v) is 2.70. The van der Waals surface area contributed by atoms with Crippen molar-refractivity contribution in [3.05, 3.63) is 48.0 Å². The second kappa shape index (κ2) is 4.05. The van der Waals surface area contributed by atoms with Gasteiger partial charge in [-0.15, -0.1) is 0 Å². The van der Waals surface area contributed by atoms with E-state index in [1.807, 2.05) is 38.1 Å². The number of hydrogen-bond acceptors (Lipinski definition) is 2. The van der Waals surface area contributed by atoms with E-state index in [4.69, 9.17) is 4.74 Å². The Balaban J connectivity index is 2.15. The largest absolute Gasteiger partial charge is 0.485 e. The van der Waals surface area contributed by atoms with Crippen LogP contribution < -0.4 is 4.74 Å². The van der Waals surface area contributed by atoms with Crippen LogP contribution in [0.2, 0.25) is 0 Å². The molecule has 3 nitrogen and oxygen atoms in total. The lowest BCUT2D eigenvalue weighted by Gasteiger charge is -2.28. The van der Waals surface area contributed by atoms with Crippen LogP contribution in [0.5, 0.6) is 5.75 Å². The van der Waals surface area contributed by atoms with E-state index in [0.717, 1.165) is 11.3 Å². The first-order valence-corrected chi connectivity index (χ1v) is 6.08. The molecule has 0 saturated carbocycles. The Bertz CT molecular complexity index is 607. The summed E-state index contributed by atoms with van der Waals surface area (Å²) in [4.78, 5) is 3.85. The van der Waals surface area contributed by atoms with Gasteiger partial charge in [-0.2, -0.15) is 0 Å². The lowest BCUT2D eigenvalue weighted by atomic mass is 9.94. The third-order valence-electron chi connectivity index (χ3n) is 3.44. The van der Waals surface area contributed by atoms with Gasteiger partial charge in [0.05, 0.1) is 12.5 Å². The first kappa shape index (κ1) is 12.1. The molecule has 100 valence electrons. The number of halogens is 2. The first-order chi connectivity index (χ1) is 9.00. The molecule has 0 aliphatic carbocycles. The molecule has 1 unspecified atom stereocenters. The number of fused-ring (bicyclic) bond motifs is 1. The van der Waals surface area contributed by atoms with Crippen molar-refractivity contribution in [2.75, 3.05) is 0 Å². The van der Waals surface area contributed by atoms with E-state index >= 15 is 0 Å². The minimum absolute atomic E-state index is 0.0848. The third kappa shape index (κ3) is 1.80. The van der Waals surface area contributed by atoms with E-state index in [0.29, 0.717) is 0 Å². The maximum atomic E-state index is 13.0. The molecule has 2 aromatic rings. The van der Waals surface area contributed by atoms with Crippen molar-refractivity contribution in [1.82, 2.24) is 9.55 Å². The molecule has 1 aliphatic heterocycles. The van der Waals surface area contributed by atoms with Crippen LogP contribution >= 0.6 is 0 Å². The fraction of sp³-hybridized carbons (Fsp3) is 0.357. The van der Waals surface area contributed by atoms with Gasteiger partial charge in [-0.25, -0.2) is 13.8 Å². The van der Waals surface area contributed by atoms with E-state index in [9.17, 15) is 8.78 Å². The molecule has 5 heteroatoms. The van der Waals surface area contributed by atoms with Crippen LogP contribution in [0.25, 0.3) is 0 Å². The molecule has 1 aliphatic rings. The highest BCUT2D eigenvalue weighted by Crippen LogP contribution is 2.46. The lowest BCUT2D eigenvalue weighted by molar-refractivity contribution is 0.0875. The number of hydrogen-bond donors (Lipinski definition) is 0. The molecule has 3 rings (SSSR count). The molecule has 0 spiro atoms. The standard InChI is InChI=1S/C14H14F2N2O/c1-14(2)12(9-5-3-4-6-11(9)19-14)18-8-17-7-10(18)13(15)16/h3-8,12-13H,1-2H3. The minimum atomic E-state index is -2.55. The van der Waals surface area contributed by atoms with Crippen molar-refractivity contribution in [2.24, 2.45) is 0 Å². The van der Waals surface area contributed by atoms with Crippen molar-refractivity contribution < 1.29 is 13.5 Å². The zero-order valence-electron chi connectivity index (χ0n) is 10.7. The van der Waals surface area contributed by atoms with Gasteiger partial charge < -0.3 is 9.30 Å². The molecule has 1 aromatic carbocycles. The number of nitrogens with zero attached hydrogens (tertiary/aromatic N) is 2. The predicted octanol–water partition coefficient (Wildman–Crippen LogP) is 3.58. The Hall–Kier alpha value is -1.91. The monoisotopic (exact) mass is 264 g/mol. The van der Waals surface area contributed by atoms with Crippen LogP contribution in [-0.2, 0) is 0 Å². The summed E-state index contributed by atoms with van der Waals surface area (Å²) >= 11 is 0. The van der Waals surface area contributed by atoms with Crippen molar-refractivity contribution in [2.45, 2.75) is 31.9 Å². The normalized spacial score (nSPS) is 20.4. The van der Waals surface area contributed by atoms with Gasteiger partial charge in [-0.1, -0.05) is 18.2 Å². The highest BCUT2D eigenvalue weighted by molar-refractivity contribution is 5.43. The Morgan fingerprint density at radius 1 is 1.32 bits per heavy atom. The summed E-state index contributed by atoms with van der Waals surface area (Å²) in [5.41, 5.74) is 0.236. The number of rotatable bonds is 2. The average molecular weight is 264 g/mol. The summed E-state index contributed by atoms with van der Waals surface area (Å²) in [6.07, 6.45) is 0.104. The Kier molecular flexibility index (Phi) is 2.59. The summed E-state index contributed by atoms with van der Waals surface area (Å²) in [5.74, 6) is 0.742. The zero-order valence-corrected chi connectivity index (χ0v) is 10.7. The number of para-hydroxylation sites is 1. The molecule has 2 heterocycles. The summed E-state index contributed by atoms with van der Waals surface area (Å²) in [6, 6.07) is 7.23. The maximum absolute atomic E-state index is 13.0. The second-order valence-electron chi connectivity index (χ2n) is 5.17. The van der Waals surface area contributed by atoms with E-state index < -0.39 is 12.0 Å². The minimum Gasteiger partial charge on any atom is -0.485 e. The molecule has 0 amide bonds. The van der Waals surface area contributed by atoms with Gasteiger partial charge in [0.2, 0.25) is 0 Å². The molecule has 0 radical (unpaired) electrons. The number of alkyl halides is 2. The molecule has 0 saturated heterocycles. The van der Waals surface area contributed by atoms with Crippen molar-refractivity contribution in [3.8, 4) is 5.75 Å². The molecular formula is C14H14F2N2O. The van der Waals surface area contributed by atoms with E-state index in [-0.39, 0.29) is 11.7 Å². The van der Waals surface area contributed by atoms with Crippen LogP contribution in [0.1, 0.15) is 37.6 Å². The first-order valence-electron chi connectivity index (χ1n) is 6.08. The van der Waals surface area contributed by atoms with Gasteiger partial charge in [-0.05, 0) is 19.9 Å². The SMILES string of the molecule is CC1(C)Oc2ccccc2C1n1cncc1C(F)F. The Morgan fingerprint density at radius 2 is 2.05 bits per heavy atom. The number of benzene rings is 1. The van der Waals surface area contributed by atoms with Crippen molar-refractivity contribution >= 4 is 0 Å². The smallest absolute Gasteiger partial charge is 0.280 e. The Labute approximate surface area is 109 Å². The van der Waals surface area contributed by atoms with Gasteiger partial charge in [-0.3, -0.25) is 0 Å². The van der Waals surface area contributed by atoms with E-state index in [1.54, 1.807) is 0 Å². The van der Waals surface area contributed by atoms with E-state index in [2.05, 4.69) is 4.98 Å². The van der Waals surface area contributed by atoms with Crippen LogP contribution in [-0.4, -0.2) is 15.2 Å². The second-order valence-corrected chi connectivity index (χ2v) is 5.17. The molecule has 19 heavy (non-hydrogen) atoms. The molecule has 0 N–H and O–H groups in total. The van der Waals surface area contributed by atoms with Gasteiger partial charge in [0.15, 0.2) is 0 Å². The molecule has 1 atom stereocenters. The van der Waals surface area contributed by atoms with E-state index in [1.165, 1.54) is 17.1 Å². The summed E-state index contributed by atoms with van der Waals surface area (Å²) in [7, 11) is 0. The molecule has 0 fully saturated rings. The molecule has 0 bridgehead atoms. The summed E-state index contributed by atoms with van der Waals surface area (Å²) in [5, 5.41) is 0. The lowest BCUT2D eigenvalue weighted by Crippen LogP contribution is -2.35. The van der Waals surface area contributed by atoms with Crippen LogP contribution in [0.4, 0.5) is 8.78 Å². The van der Waals surface area contributed by atoms with Crippen LogP contribution in [0.15, 0.2) is 36.8 Å². The van der Waals surface area contributed by atoms with Gasteiger partial charge in [0.25, 0.3) is 6.43 Å². The van der Waals surface area contributed by atoms with Gasteiger partial charge >= 0.3 is 0 Å². The number of ether oxygens (including phenoxy) is 1. The Morgan fingerprint density at radius 3 is 2.79 bits per heavy atom. The third-order valence-corrected chi connectivity index (χ3v) is 3.44. The van der Waals surface area contributed by atoms with Crippen LogP contribution in [0.3, 0.4) is 0 Å². The summed E-state index contributed by atoms with van der Waals surface area (Å²) in [6.45, 7) is 3.79. The van der Waals surface area contributed by atoms with Gasteiger partial charge in [0, 0.05) is 5.56 Å². The zero-order chi connectivity index (χ0) is 13.6. The number of imidazole rings is 1. The van der Waals surface area contributed by atoms with Crippen LogP contribution in [0, 0.1) is 0 Å². The topological polar surface area (TPSA) is 27.1 Å².